The molecule has 5 heteroatoms. The van der Waals surface area contributed by atoms with Crippen molar-refractivity contribution in [1.29, 1.82) is 0 Å². The Balaban J connectivity index is 1.91. The van der Waals surface area contributed by atoms with E-state index in [1.165, 1.54) is 30.5 Å². The van der Waals surface area contributed by atoms with E-state index in [0.717, 1.165) is 32.1 Å². The third-order valence-electron chi connectivity index (χ3n) is 5.89. The maximum atomic E-state index is 13.2. The highest BCUT2D eigenvalue weighted by Crippen LogP contribution is 2.59. The van der Waals surface area contributed by atoms with Crippen LogP contribution >= 0.6 is 0 Å². The first-order valence-corrected chi connectivity index (χ1v) is 9.85. The van der Waals surface area contributed by atoms with Crippen LogP contribution in [0.4, 0.5) is 0 Å². The van der Waals surface area contributed by atoms with Crippen LogP contribution < -0.4 is 0 Å². The van der Waals surface area contributed by atoms with Gasteiger partial charge in [0.1, 0.15) is 0 Å². The minimum absolute atomic E-state index is 0.306. The van der Waals surface area contributed by atoms with Crippen LogP contribution in [-0.2, 0) is 14.8 Å². The Kier molecular flexibility index (Phi) is 3.83. The van der Waals surface area contributed by atoms with E-state index in [1.807, 2.05) is 6.92 Å². The molecule has 0 saturated heterocycles. The molecule has 4 bridgehead atoms. The van der Waals surface area contributed by atoms with Gasteiger partial charge in [-0.05, 0) is 62.7 Å². The van der Waals surface area contributed by atoms with Crippen molar-refractivity contribution in [2.75, 3.05) is 6.54 Å². The lowest BCUT2D eigenvalue weighted by molar-refractivity contribution is -0.124. The van der Waals surface area contributed by atoms with E-state index in [0.29, 0.717) is 24.3 Å². The molecule has 4 saturated carbocycles. The van der Waals surface area contributed by atoms with E-state index in [2.05, 4.69) is 0 Å². The third kappa shape index (κ3) is 2.41. The summed E-state index contributed by atoms with van der Waals surface area (Å²) in [5, 5.41) is 0. The molecule has 4 rings (SSSR count). The molecule has 0 heterocycles. The fraction of sp³-hybridized carbons (Fsp3) is 0.938. The Hall–Kier alpha value is -0.580. The van der Waals surface area contributed by atoms with Gasteiger partial charge in [0, 0.05) is 13.5 Å². The molecule has 4 aliphatic carbocycles. The highest BCUT2D eigenvalue weighted by Gasteiger charge is 2.59. The van der Waals surface area contributed by atoms with Gasteiger partial charge in [-0.3, -0.25) is 4.79 Å². The van der Waals surface area contributed by atoms with Gasteiger partial charge in [-0.15, -0.1) is 0 Å². The van der Waals surface area contributed by atoms with Crippen LogP contribution in [0, 0.1) is 17.8 Å². The highest BCUT2D eigenvalue weighted by molar-refractivity contribution is 7.91. The molecule has 0 radical (unpaired) electrons. The number of carbonyl (C=O) groups excluding carboxylic acids is 1. The predicted octanol–water partition coefficient (Wildman–Crippen LogP) is 2.93. The molecular formula is C16H27NO3S. The van der Waals surface area contributed by atoms with Gasteiger partial charge in [-0.1, -0.05) is 13.3 Å². The standard InChI is InChI=1S/C16H27NO3S/c1-3-4-5-17(12(2)18)21(19,20)16-9-13-6-14(10-16)8-15(7-13)11-16/h13-15H,3-11H2,1-2H3. The molecule has 1 amide bonds. The van der Waals surface area contributed by atoms with E-state index >= 15 is 0 Å². The average Bonchev–Trinajstić information content (AvgIpc) is 2.36. The molecule has 4 aliphatic rings. The minimum Gasteiger partial charge on any atom is -0.274 e. The van der Waals surface area contributed by atoms with Crippen LogP contribution in [0.15, 0.2) is 0 Å². The summed E-state index contributed by atoms with van der Waals surface area (Å²) in [6, 6.07) is 0. The van der Waals surface area contributed by atoms with Crippen molar-refractivity contribution in [3.63, 3.8) is 0 Å². The van der Waals surface area contributed by atoms with Crippen LogP contribution in [0.5, 0.6) is 0 Å². The van der Waals surface area contributed by atoms with Gasteiger partial charge >= 0.3 is 0 Å². The van der Waals surface area contributed by atoms with Gasteiger partial charge in [0.15, 0.2) is 0 Å². The number of nitrogens with zero attached hydrogens (tertiary/aromatic N) is 1. The fourth-order valence-electron chi connectivity index (χ4n) is 5.33. The molecule has 0 atom stereocenters. The lowest BCUT2D eigenvalue weighted by atomic mass is 9.56. The Bertz CT molecular complexity index is 490. The zero-order valence-electron chi connectivity index (χ0n) is 13.2. The number of sulfonamides is 1. The smallest absolute Gasteiger partial charge is 0.243 e. The normalized spacial score (nSPS) is 37.7. The summed E-state index contributed by atoms with van der Waals surface area (Å²) in [4.78, 5) is 11.9. The topological polar surface area (TPSA) is 54.5 Å². The fourth-order valence-corrected chi connectivity index (χ4v) is 7.84. The maximum absolute atomic E-state index is 13.2. The van der Waals surface area contributed by atoms with Gasteiger partial charge in [-0.25, -0.2) is 12.7 Å². The zero-order chi connectivity index (χ0) is 15.3. The lowest BCUT2D eigenvalue weighted by Gasteiger charge is -2.56. The van der Waals surface area contributed by atoms with Crippen LogP contribution in [0.25, 0.3) is 0 Å². The summed E-state index contributed by atoms with van der Waals surface area (Å²) < 4.78 is 27.0. The summed E-state index contributed by atoms with van der Waals surface area (Å²) in [5.74, 6) is 1.42. The number of rotatable bonds is 5. The first-order valence-electron chi connectivity index (χ1n) is 8.41. The third-order valence-corrected chi connectivity index (χ3v) is 8.50. The molecule has 120 valence electrons. The summed E-state index contributed by atoms with van der Waals surface area (Å²) in [7, 11) is -3.51. The second-order valence-corrected chi connectivity index (χ2v) is 9.81. The van der Waals surface area contributed by atoms with E-state index < -0.39 is 14.8 Å². The number of hydrogen-bond acceptors (Lipinski definition) is 3. The van der Waals surface area contributed by atoms with Gasteiger partial charge in [0.25, 0.3) is 0 Å². The van der Waals surface area contributed by atoms with Gasteiger partial charge in [0.05, 0.1) is 4.75 Å². The van der Waals surface area contributed by atoms with Crippen LogP contribution in [0.1, 0.15) is 65.2 Å². The second-order valence-electron chi connectivity index (χ2n) is 7.55. The maximum Gasteiger partial charge on any atom is 0.243 e. The molecule has 0 aliphatic heterocycles. The number of carbonyl (C=O) groups is 1. The summed E-state index contributed by atoms with van der Waals surface area (Å²) in [6.07, 6.45) is 7.66. The Morgan fingerprint density at radius 1 is 1.10 bits per heavy atom. The number of amides is 1. The summed E-state index contributed by atoms with van der Waals surface area (Å²) in [6.45, 7) is 3.78. The second kappa shape index (κ2) is 5.25. The van der Waals surface area contributed by atoms with E-state index in [-0.39, 0.29) is 5.91 Å². The summed E-state index contributed by atoms with van der Waals surface area (Å²) >= 11 is 0. The molecule has 0 unspecified atom stereocenters. The predicted molar refractivity (Wildman–Crippen MR) is 82.1 cm³/mol. The quantitative estimate of drug-likeness (QED) is 0.784. The molecule has 0 aromatic heterocycles. The van der Waals surface area contributed by atoms with E-state index in [1.54, 1.807) is 0 Å². The van der Waals surface area contributed by atoms with Crippen molar-refractivity contribution in [2.45, 2.75) is 70.0 Å². The Morgan fingerprint density at radius 2 is 1.57 bits per heavy atom. The molecule has 21 heavy (non-hydrogen) atoms. The monoisotopic (exact) mass is 313 g/mol. The van der Waals surface area contributed by atoms with Crippen molar-refractivity contribution >= 4 is 15.9 Å². The molecule has 0 aromatic rings. The van der Waals surface area contributed by atoms with Crippen LogP contribution in [0.3, 0.4) is 0 Å². The number of hydrogen-bond donors (Lipinski definition) is 0. The van der Waals surface area contributed by atoms with Crippen LogP contribution in [-0.4, -0.2) is 29.9 Å². The largest absolute Gasteiger partial charge is 0.274 e. The van der Waals surface area contributed by atoms with Crippen molar-refractivity contribution in [1.82, 2.24) is 4.31 Å². The summed E-state index contributed by atoms with van der Waals surface area (Å²) in [5.41, 5.74) is 0. The SMILES string of the molecule is CCCCN(C(C)=O)S(=O)(=O)C12CC3CC(CC(C3)C1)C2. The molecule has 0 aromatic carbocycles. The lowest BCUT2D eigenvalue weighted by Crippen LogP contribution is -2.59. The van der Waals surface area contributed by atoms with Crippen molar-refractivity contribution in [3.8, 4) is 0 Å². The first kappa shape index (κ1) is 15.3. The first-order chi connectivity index (χ1) is 9.88. The van der Waals surface area contributed by atoms with E-state index in [4.69, 9.17) is 0 Å². The van der Waals surface area contributed by atoms with Crippen molar-refractivity contribution in [3.05, 3.63) is 0 Å². The van der Waals surface area contributed by atoms with Crippen molar-refractivity contribution < 1.29 is 13.2 Å². The molecule has 0 N–H and O–H groups in total. The number of unbranched alkanes of at least 4 members (excludes halogenated alkanes) is 1. The minimum atomic E-state index is -3.51. The van der Waals surface area contributed by atoms with E-state index in [9.17, 15) is 13.2 Å². The zero-order valence-corrected chi connectivity index (χ0v) is 14.0. The highest BCUT2D eigenvalue weighted by atomic mass is 32.2. The average molecular weight is 313 g/mol. The van der Waals surface area contributed by atoms with Crippen molar-refractivity contribution in [2.24, 2.45) is 17.8 Å². The molecule has 4 nitrogen and oxygen atoms in total. The Morgan fingerprint density at radius 3 is 1.95 bits per heavy atom. The van der Waals surface area contributed by atoms with Gasteiger partial charge in [0.2, 0.25) is 15.9 Å². The van der Waals surface area contributed by atoms with Crippen LogP contribution in [0.2, 0.25) is 0 Å². The molecular weight excluding hydrogens is 286 g/mol. The van der Waals surface area contributed by atoms with Gasteiger partial charge in [-0.2, -0.15) is 0 Å². The molecule has 4 fully saturated rings. The molecule has 0 spiro atoms. The van der Waals surface area contributed by atoms with Gasteiger partial charge < -0.3 is 0 Å². The Labute approximate surface area is 128 Å².